The second-order valence-electron chi connectivity index (χ2n) is 4.99. The summed E-state index contributed by atoms with van der Waals surface area (Å²) in [7, 11) is 0. The molecule has 0 saturated carbocycles. The molecule has 0 unspecified atom stereocenters. The molecule has 6 heteroatoms. The fourth-order valence-corrected chi connectivity index (χ4v) is 2.36. The van der Waals surface area contributed by atoms with Crippen LogP contribution in [0.4, 0.5) is 4.39 Å². The van der Waals surface area contributed by atoms with E-state index in [1.807, 2.05) is 18.2 Å². The van der Waals surface area contributed by atoms with Gasteiger partial charge in [0.05, 0.1) is 12.4 Å². The molecule has 1 N–H and O–H groups in total. The Morgan fingerprint density at radius 3 is 2.57 bits per heavy atom. The van der Waals surface area contributed by atoms with E-state index < -0.39 is 0 Å². The summed E-state index contributed by atoms with van der Waals surface area (Å²) in [4.78, 5) is 0. The van der Waals surface area contributed by atoms with Gasteiger partial charge in [0.2, 0.25) is 0 Å². The molecular formula is C17H11FN4O. The summed E-state index contributed by atoms with van der Waals surface area (Å²) in [5, 5.41) is 16.8. The van der Waals surface area contributed by atoms with Crippen LogP contribution in [0.5, 0.6) is 11.5 Å². The number of hydrogen-bond acceptors (Lipinski definition) is 4. The van der Waals surface area contributed by atoms with Gasteiger partial charge in [-0.05, 0) is 42.5 Å². The lowest BCUT2D eigenvalue weighted by Crippen LogP contribution is -1.90. The Morgan fingerprint density at radius 2 is 1.78 bits per heavy atom. The van der Waals surface area contributed by atoms with Crippen LogP contribution < -0.4 is 4.74 Å². The fraction of sp³-hybridized carbons (Fsp3) is 0. The van der Waals surface area contributed by atoms with E-state index in [9.17, 15) is 4.39 Å². The van der Waals surface area contributed by atoms with Gasteiger partial charge in [-0.25, -0.2) is 4.39 Å². The molecule has 0 amide bonds. The van der Waals surface area contributed by atoms with Gasteiger partial charge in [0.25, 0.3) is 0 Å². The van der Waals surface area contributed by atoms with E-state index in [4.69, 9.17) is 4.74 Å². The summed E-state index contributed by atoms with van der Waals surface area (Å²) in [5.74, 6) is 0.925. The van der Waals surface area contributed by atoms with E-state index in [2.05, 4.69) is 20.4 Å². The van der Waals surface area contributed by atoms with E-state index in [-0.39, 0.29) is 5.82 Å². The number of nitrogens with one attached hydrogen (secondary N) is 1. The summed E-state index contributed by atoms with van der Waals surface area (Å²) in [6.07, 6.45) is 5.15. The summed E-state index contributed by atoms with van der Waals surface area (Å²) in [6, 6.07) is 11.5. The Bertz CT molecular complexity index is 952. The molecule has 5 nitrogen and oxygen atoms in total. The van der Waals surface area contributed by atoms with Crippen LogP contribution >= 0.6 is 0 Å². The third-order valence-electron chi connectivity index (χ3n) is 3.45. The van der Waals surface area contributed by atoms with Crippen LogP contribution in [-0.4, -0.2) is 20.4 Å². The highest BCUT2D eigenvalue weighted by Gasteiger charge is 2.08. The minimum atomic E-state index is -0.295. The monoisotopic (exact) mass is 306 g/mol. The normalized spacial score (nSPS) is 10.8. The van der Waals surface area contributed by atoms with Gasteiger partial charge in [0.1, 0.15) is 23.0 Å². The molecule has 2 aromatic carbocycles. The van der Waals surface area contributed by atoms with Crippen molar-refractivity contribution in [2.75, 3.05) is 0 Å². The molecule has 0 fully saturated rings. The van der Waals surface area contributed by atoms with E-state index in [0.717, 1.165) is 22.0 Å². The fourth-order valence-electron chi connectivity index (χ4n) is 2.36. The van der Waals surface area contributed by atoms with Gasteiger partial charge >= 0.3 is 0 Å². The van der Waals surface area contributed by atoms with Gasteiger partial charge < -0.3 is 4.74 Å². The van der Waals surface area contributed by atoms with Gasteiger partial charge in [-0.1, -0.05) is 0 Å². The number of H-pyrrole nitrogens is 1. The largest absolute Gasteiger partial charge is 0.457 e. The number of hydrogen-bond donors (Lipinski definition) is 1. The number of benzene rings is 2. The van der Waals surface area contributed by atoms with Gasteiger partial charge in [0, 0.05) is 22.5 Å². The lowest BCUT2D eigenvalue weighted by atomic mass is 10.1. The van der Waals surface area contributed by atoms with Crippen molar-refractivity contribution in [2.24, 2.45) is 0 Å². The summed E-state index contributed by atoms with van der Waals surface area (Å²) in [6.45, 7) is 0. The number of ether oxygens (including phenoxy) is 1. The molecule has 23 heavy (non-hydrogen) atoms. The average Bonchev–Trinajstić information content (AvgIpc) is 3.10. The van der Waals surface area contributed by atoms with Crippen molar-refractivity contribution in [3.63, 3.8) is 0 Å². The van der Waals surface area contributed by atoms with Crippen LogP contribution in [0.1, 0.15) is 0 Å². The number of rotatable bonds is 3. The molecule has 2 heterocycles. The highest BCUT2D eigenvalue weighted by atomic mass is 19.1. The Hall–Kier alpha value is -3.28. The first-order valence-corrected chi connectivity index (χ1v) is 6.97. The molecule has 112 valence electrons. The highest BCUT2D eigenvalue weighted by Crippen LogP contribution is 2.29. The van der Waals surface area contributed by atoms with E-state index in [0.29, 0.717) is 11.5 Å². The first-order valence-electron chi connectivity index (χ1n) is 6.97. The van der Waals surface area contributed by atoms with Crippen molar-refractivity contribution in [1.29, 1.82) is 0 Å². The highest BCUT2D eigenvalue weighted by molar-refractivity contribution is 5.94. The maximum atomic E-state index is 12.9. The molecule has 0 saturated heterocycles. The first kappa shape index (κ1) is 13.4. The molecule has 0 aliphatic rings. The van der Waals surface area contributed by atoms with Crippen LogP contribution in [0.3, 0.4) is 0 Å². The van der Waals surface area contributed by atoms with Gasteiger partial charge in [0.15, 0.2) is 0 Å². The van der Waals surface area contributed by atoms with Crippen molar-refractivity contribution < 1.29 is 9.13 Å². The second kappa shape index (κ2) is 5.49. The molecule has 0 aliphatic heterocycles. The number of halogens is 1. The predicted octanol–water partition coefficient (Wildman–Crippen LogP) is 3.95. The average molecular weight is 306 g/mol. The molecule has 0 spiro atoms. The second-order valence-corrected chi connectivity index (χ2v) is 4.99. The molecule has 2 aromatic heterocycles. The Morgan fingerprint density at radius 1 is 0.957 bits per heavy atom. The zero-order valence-electron chi connectivity index (χ0n) is 11.9. The molecule has 4 rings (SSSR count). The quantitative estimate of drug-likeness (QED) is 0.622. The lowest BCUT2D eigenvalue weighted by molar-refractivity contribution is 0.481. The van der Waals surface area contributed by atoms with Crippen molar-refractivity contribution in [3.05, 3.63) is 66.9 Å². The van der Waals surface area contributed by atoms with Crippen LogP contribution in [0, 0.1) is 5.82 Å². The topological polar surface area (TPSA) is 63.7 Å². The molecule has 0 aliphatic carbocycles. The molecule has 0 bridgehead atoms. The summed E-state index contributed by atoms with van der Waals surface area (Å²) >= 11 is 0. The summed E-state index contributed by atoms with van der Waals surface area (Å²) in [5.41, 5.74) is 1.62. The SMILES string of the molecule is Fc1ccc(Oc2ccc3c(-c4cn[nH]c4)nncc3c2)cc1. The van der Waals surface area contributed by atoms with Crippen molar-refractivity contribution in [3.8, 4) is 22.8 Å². The van der Waals surface area contributed by atoms with Crippen LogP contribution in [0.25, 0.3) is 22.0 Å². The Labute approximate surface area is 130 Å². The van der Waals surface area contributed by atoms with Crippen molar-refractivity contribution >= 4 is 10.8 Å². The number of nitrogens with zero attached hydrogens (tertiary/aromatic N) is 3. The molecular weight excluding hydrogens is 295 g/mol. The third-order valence-corrected chi connectivity index (χ3v) is 3.45. The number of fused-ring (bicyclic) bond motifs is 1. The van der Waals surface area contributed by atoms with E-state index in [1.165, 1.54) is 12.1 Å². The zero-order chi connectivity index (χ0) is 15.6. The van der Waals surface area contributed by atoms with E-state index >= 15 is 0 Å². The standard InChI is InChI=1S/C17H11FN4O/c18-13-1-3-14(4-2-13)23-15-5-6-16-11(7-15)8-21-22-17(16)12-9-19-20-10-12/h1-10H,(H,19,20). The Balaban J connectivity index is 1.72. The van der Waals surface area contributed by atoms with Crippen molar-refractivity contribution in [1.82, 2.24) is 20.4 Å². The van der Waals surface area contributed by atoms with Crippen LogP contribution in [0.2, 0.25) is 0 Å². The van der Waals surface area contributed by atoms with Crippen molar-refractivity contribution in [2.45, 2.75) is 0 Å². The van der Waals surface area contributed by atoms with Gasteiger partial charge in [-0.3, -0.25) is 5.10 Å². The first-order chi connectivity index (χ1) is 11.3. The lowest BCUT2D eigenvalue weighted by Gasteiger charge is -2.08. The zero-order valence-corrected chi connectivity index (χ0v) is 11.9. The van der Waals surface area contributed by atoms with Gasteiger partial charge in [-0.2, -0.15) is 10.2 Å². The van der Waals surface area contributed by atoms with Crippen LogP contribution in [-0.2, 0) is 0 Å². The number of aromatic amines is 1. The number of aromatic nitrogens is 4. The maximum Gasteiger partial charge on any atom is 0.128 e. The smallest absolute Gasteiger partial charge is 0.128 e. The van der Waals surface area contributed by atoms with E-state index in [1.54, 1.807) is 30.7 Å². The molecule has 4 aromatic rings. The van der Waals surface area contributed by atoms with Gasteiger partial charge in [-0.15, -0.1) is 5.10 Å². The predicted molar refractivity (Wildman–Crippen MR) is 83.6 cm³/mol. The molecule has 0 radical (unpaired) electrons. The molecule has 0 atom stereocenters. The minimum absolute atomic E-state index is 0.295. The third kappa shape index (κ3) is 2.62. The Kier molecular flexibility index (Phi) is 3.20. The minimum Gasteiger partial charge on any atom is -0.457 e. The van der Waals surface area contributed by atoms with Crippen LogP contribution in [0.15, 0.2) is 61.1 Å². The maximum absolute atomic E-state index is 12.9. The summed E-state index contributed by atoms with van der Waals surface area (Å²) < 4.78 is 18.7.